The maximum Gasteiger partial charge on any atom is 0.201 e. The number of aromatic nitrogens is 5. The van der Waals surface area contributed by atoms with Gasteiger partial charge in [0.1, 0.15) is 5.82 Å². The highest BCUT2D eigenvalue weighted by molar-refractivity contribution is 5.84. The summed E-state index contributed by atoms with van der Waals surface area (Å²) in [5.74, 6) is -0.378. The fraction of sp³-hybridized carbons (Fsp3) is 0.118. The highest BCUT2D eigenvalue weighted by Crippen LogP contribution is 2.27. The van der Waals surface area contributed by atoms with Crippen LogP contribution in [0, 0.1) is 5.82 Å². The Morgan fingerprint density at radius 1 is 1.17 bits per heavy atom. The molecule has 0 bridgehead atoms. The van der Waals surface area contributed by atoms with Gasteiger partial charge in [-0.15, -0.1) is 0 Å². The summed E-state index contributed by atoms with van der Waals surface area (Å²) in [4.78, 5) is 8.38. The van der Waals surface area contributed by atoms with E-state index in [4.69, 9.17) is 0 Å². The van der Waals surface area contributed by atoms with Crippen molar-refractivity contribution in [2.24, 2.45) is 7.05 Å². The van der Waals surface area contributed by atoms with E-state index in [9.17, 15) is 9.50 Å². The summed E-state index contributed by atoms with van der Waals surface area (Å²) in [5, 5.41) is 14.9. The molecule has 0 spiro atoms. The molecule has 6 nitrogen and oxygen atoms in total. The molecule has 24 heavy (non-hydrogen) atoms. The van der Waals surface area contributed by atoms with Gasteiger partial charge in [0.05, 0.1) is 29.3 Å². The van der Waals surface area contributed by atoms with Crippen LogP contribution in [-0.2, 0) is 13.6 Å². The second-order valence-electron chi connectivity index (χ2n) is 5.57. The lowest BCUT2D eigenvalue weighted by molar-refractivity contribution is 0.427. The summed E-state index contributed by atoms with van der Waals surface area (Å²) in [6.07, 6.45) is 8.39. The first-order valence-corrected chi connectivity index (χ1v) is 7.38. The number of pyridine rings is 2. The summed E-state index contributed by atoms with van der Waals surface area (Å²) < 4.78 is 17.6. The lowest BCUT2D eigenvalue weighted by Gasteiger charge is -2.07. The molecule has 7 heteroatoms. The van der Waals surface area contributed by atoms with Crippen molar-refractivity contribution in [2.75, 3.05) is 0 Å². The van der Waals surface area contributed by atoms with Gasteiger partial charge < -0.3 is 9.67 Å². The van der Waals surface area contributed by atoms with E-state index in [0.29, 0.717) is 16.5 Å². The van der Waals surface area contributed by atoms with Crippen LogP contribution in [0.5, 0.6) is 5.88 Å². The Morgan fingerprint density at radius 2 is 2.04 bits per heavy atom. The zero-order valence-corrected chi connectivity index (χ0v) is 12.9. The highest BCUT2D eigenvalue weighted by atomic mass is 19.1. The van der Waals surface area contributed by atoms with Crippen LogP contribution < -0.4 is 0 Å². The van der Waals surface area contributed by atoms with Crippen LogP contribution in [0.25, 0.3) is 22.0 Å². The van der Waals surface area contributed by atoms with Crippen molar-refractivity contribution in [3.05, 3.63) is 60.7 Å². The zero-order valence-electron chi connectivity index (χ0n) is 12.9. The lowest BCUT2D eigenvalue weighted by Crippen LogP contribution is -2.03. The van der Waals surface area contributed by atoms with Crippen LogP contribution in [0.4, 0.5) is 4.39 Å². The van der Waals surface area contributed by atoms with E-state index in [1.165, 1.54) is 10.6 Å². The van der Waals surface area contributed by atoms with E-state index in [2.05, 4.69) is 15.1 Å². The third-order valence-corrected chi connectivity index (χ3v) is 3.91. The lowest BCUT2D eigenvalue weighted by atomic mass is 10.1. The number of nitrogens with zero attached hydrogens (tertiary/aromatic N) is 5. The van der Waals surface area contributed by atoms with E-state index in [-0.39, 0.29) is 18.1 Å². The minimum absolute atomic E-state index is 0.0515. The molecule has 120 valence electrons. The van der Waals surface area contributed by atoms with E-state index in [1.807, 2.05) is 0 Å². The average Bonchev–Trinajstić information content (AvgIpc) is 3.14. The van der Waals surface area contributed by atoms with Crippen LogP contribution in [0.15, 0.2) is 49.2 Å². The van der Waals surface area contributed by atoms with Gasteiger partial charge in [-0.05, 0) is 18.2 Å². The molecule has 0 saturated heterocycles. The van der Waals surface area contributed by atoms with Gasteiger partial charge in [0.15, 0.2) is 0 Å². The van der Waals surface area contributed by atoms with Crippen LogP contribution in [0.1, 0.15) is 5.69 Å². The summed E-state index contributed by atoms with van der Waals surface area (Å²) in [6.45, 7) is 0.126. The fourth-order valence-electron chi connectivity index (χ4n) is 2.67. The van der Waals surface area contributed by atoms with Crippen molar-refractivity contribution in [1.82, 2.24) is 24.3 Å². The maximum absolute atomic E-state index is 14.4. The summed E-state index contributed by atoms with van der Waals surface area (Å²) >= 11 is 0. The van der Waals surface area contributed by atoms with E-state index >= 15 is 0 Å². The normalized spacial score (nSPS) is 11.2. The summed E-state index contributed by atoms with van der Waals surface area (Å²) in [6, 6.07) is 4.94. The topological polar surface area (TPSA) is 68.8 Å². The van der Waals surface area contributed by atoms with Crippen molar-refractivity contribution < 1.29 is 9.50 Å². The highest BCUT2D eigenvalue weighted by Gasteiger charge is 2.13. The SMILES string of the molecule is Cn1cc(-c2cnc(Cn3cc4ncccc4c3O)c(F)c2)cn1. The second kappa shape index (κ2) is 5.45. The molecule has 0 aliphatic heterocycles. The van der Waals surface area contributed by atoms with Gasteiger partial charge in [0, 0.05) is 43.0 Å². The third-order valence-electron chi connectivity index (χ3n) is 3.91. The molecule has 0 aromatic carbocycles. The Hall–Kier alpha value is -3.22. The third kappa shape index (κ3) is 2.40. The van der Waals surface area contributed by atoms with Crippen LogP contribution >= 0.6 is 0 Å². The number of rotatable bonds is 3. The van der Waals surface area contributed by atoms with Crippen molar-refractivity contribution in [2.45, 2.75) is 6.54 Å². The van der Waals surface area contributed by atoms with Crippen molar-refractivity contribution in [1.29, 1.82) is 0 Å². The molecule has 1 N–H and O–H groups in total. The van der Waals surface area contributed by atoms with E-state index < -0.39 is 5.82 Å². The quantitative estimate of drug-likeness (QED) is 0.629. The first kappa shape index (κ1) is 14.4. The number of hydrogen-bond donors (Lipinski definition) is 1. The van der Waals surface area contributed by atoms with Crippen molar-refractivity contribution in [3.63, 3.8) is 0 Å². The molecule has 0 radical (unpaired) electrons. The average molecular weight is 323 g/mol. The van der Waals surface area contributed by atoms with Crippen molar-refractivity contribution in [3.8, 4) is 17.0 Å². The number of fused-ring (bicyclic) bond motifs is 1. The summed E-state index contributed by atoms with van der Waals surface area (Å²) in [7, 11) is 1.80. The molecule has 0 aliphatic carbocycles. The Morgan fingerprint density at radius 3 is 2.75 bits per heavy atom. The molecule has 0 aliphatic rings. The molecule has 4 heterocycles. The van der Waals surface area contributed by atoms with Gasteiger partial charge in [-0.3, -0.25) is 14.6 Å². The molecular weight excluding hydrogens is 309 g/mol. The van der Waals surface area contributed by atoms with Crippen LogP contribution in [0.2, 0.25) is 0 Å². The van der Waals surface area contributed by atoms with Crippen molar-refractivity contribution >= 4 is 10.9 Å². The standard InChI is InChI=1S/C17H14FN5O/c1-22-8-12(7-21-22)11-5-14(18)16(20-6-11)10-23-9-15-13(17(23)24)3-2-4-19-15/h2-9,24H,10H2,1H3. The molecule has 0 unspecified atom stereocenters. The number of aromatic hydroxyl groups is 1. The molecule has 4 rings (SSSR count). The van der Waals surface area contributed by atoms with Crippen LogP contribution in [-0.4, -0.2) is 29.4 Å². The Balaban J connectivity index is 1.68. The fourth-order valence-corrected chi connectivity index (χ4v) is 2.67. The van der Waals surface area contributed by atoms with Gasteiger partial charge in [-0.1, -0.05) is 0 Å². The van der Waals surface area contributed by atoms with Gasteiger partial charge >= 0.3 is 0 Å². The minimum atomic E-state index is -0.429. The summed E-state index contributed by atoms with van der Waals surface area (Å²) in [5.41, 5.74) is 2.36. The molecular formula is C17H14FN5O. The Labute approximate surface area is 136 Å². The Kier molecular flexibility index (Phi) is 3.26. The molecule has 0 amide bonds. The molecule has 0 fully saturated rings. The largest absolute Gasteiger partial charge is 0.494 e. The number of hydrogen-bond acceptors (Lipinski definition) is 4. The van der Waals surface area contributed by atoms with Gasteiger partial charge in [-0.25, -0.2) is 4.39 Å². The predicted octanol–water partition coefficient (Wildman–Crippen LogP) is 2.72. The number of aryl methyl sites for hydroxylation is 1. The minimum Gasteiger partial charge on any atom is -0.494 e. The van der Waals surface area contributed by atoms with Gasteiger partial charge in [-0.2, -0.15) is 5.10 Å². The number of halogens is 1. The molecule has 0 saturated carbocycles. The molecule has 4 aromatic heterocycles. The first-order valence-electron chi connectivity index (χ1n) is 7.38. The smallest absolute Gasteiger partial charge is 0.201 e. The van der Waals surface area contributed by atoms with Gasteiger partial charge in [0.25, 0.3) is 0 Å². The zero-order chi connectivity index (χ0) is 16.7. The molecule has 4 aromatic rings. The maximum atomic E-state index is 14.4. The molecule has 0 atom stereocenters. The van der Waals surface area contributed by atoms with E-state index in [0.717, 1.165) is 5.56 Å². The van der Waals surface area contributed by atoms with Crippen LogP contribution in [0.3, 0.4) is 0 Å². The second-order valence-corrected chi connectivity index (χ2v) is 5.57. The Bertz CT molecular complexity index is 1040. The van der Waals surface area contributed by atoms with E-state index in [1.54, 1.807) is 54.8 Å². The monoisotopic (exact) mass is 323 g/mol. The predicted molar refractivity (Wildman–Crippen MR) is 86.9 cm³/mol. The first-order chi connectivity index (χ1) is 11.6. The van der Waals surface area contributed by atoms with Gasteiger partial charge in [0.2, 0.25) is 5.88 Å².